The van der Waals surface area contributed by atoms with Gasteiger partial charge in [0.1, 0.15) is 0 Å². The van der Waals surface area contributed by atoms with Crippen molar-refractivity contribution in [2.75, 3.05) is 11.9 Å². The second-order valence-corrected chi connectivity index (χ2v) is 6.04. The molecule has 0 bridgehead atoms. The van der Waals surface area contributed by atoms with Gasteiger partial charge in [-0.1, -0.05) is 0 Å². The Morgan fingerprint density at radius 2 is 2.33 bits per heavy atom. The van der Waals surface area contributed by atoms with E-state index in [1.807, 2.05) is 20.8 Å². The number of likely N-dealkylation sites (tertiary alicyclic amines) is 1. The van der Waals surface area contributed by atoms with Gasteiger partial charge in [-0.25, -0.2) is 4.98 Å². The van der Waals surface area contributed by atoms with E-state index >= 15 is 0 Å². The zero-order chi connectivity index (χ0) is 13.3. The maximum Gasteiger partial charge on any atom is 0.231 e. The van der Waals surface area contributed by atoms with Crippen LogP contribution in [0.25, 0.3) is 0 Å². The number of carbonyl (C=O) groups excluding carboxylic acids is 2. The molecule has 1 aliphatic heterocycles. The molecule has 1 saturated heterocycles. The molecule has 6 heteroatoms. The van der Waals surface area contributed by atoms with Crippen molar-refractivity contribution in [1.29, 1.82) is 0 Å². The molecule has 2 heterocycles. The normalized spacial score (nSPS) is 19.7. The predicted octanol–water partition coefficient (Wildman–Crippen LogP) is 1.65. The number of amides is 2. The Bertz CT molecular complexity index is 470. The van der Waals surface area contributed by atoms with Gasteiger partial charge >= 0.3 is 0 Å². The zero-order valence-electron chi connectivity index (χ0n) is 10.8. The SMILES string of the molecule is Cc1cnc(NC(=O)[C@H]2CC(=O)N(C(C)C)C2)s1. The minimum absolute atomic E-state index is 0.0560. The number of nitrogens with one attached hydrogen (secondary N) is 1. The van der Waals surface area contributed by atoms with E-state index in [0.717, 1.165) is 4.88 Å². The number of hydrogen-bond donors (Lipinski definition) is 1. The van der Waals surface area contributed by atoms with E-state index in [1.54, 1.807) is 11.1 Å². The number of thiazole rings is 1. The lowest BCUT2D eigenvalue weighted by Crippen LogP contribution is -2.33. The van der Waals surface area contributed by atoms with E-state index in [4.69, 9.17) is 0 Å². The van der Waals surface area contributed by atoms with Crippen molar-refractivity contribution < 1.29 is 9.59 Å². The molecule has 0 aliphatic carbocycles. The summed E-state index contributed by atoms with van der Waals surface area (Å²) in [4.78, 5) is 30.6. The Balaban J connectivity index is 1.97. The molecule has 1 aromatic heterocycles. The Labute approximate surface area is 110 Å². The summed E-state index contributed by atoms with van der Waals surface area (Å²) >= 11 is 1.44. The van der Waals surface area contributed by atoms with Gasteiger partial charge in [0.25, 0.3) is 0 Å². The van der Waals surface area contributed by atoms with E-state index in [2.05, 4.69) is 10.3 Å². The van der Waals surface area contributed by atoms with Gasteiger partial charge in [-0.15, -0.1) is 11.3 Å². The van der Waals surface area contributed by atoms with Crippen LogP contribution in [0.3, 0.4) is 0 Å². The second-order valence-electron chi connectivity index (χ2n) is 4.81. The average Bonchev–Trinajstić information content (AvgIpc) is 2.85. The molecule has 1 aromatic rings. The summed E-state index contributed by atoms with van der Waals surface area (Å²) in [6, 6.07) is 0.150. The van der Waals surface area contributed by atoms with Crippen LogP contribution in [-0.2, 0) is 9.59 Å². The lowest BCUT2D eigenvalue weighted by atomic mass is 10.1. The molecule has 0 aromatic carbocycles. The van der Waals surface area contributed by atoms with Crippen molar-refractivity contribution in [2.24, 2.45) is 5.92 Å². The third-order valence-electron chi connectivity index (χ3n) is 3.00. The molecular formula is C12H17N3O2S. The molecule has 1 fully saturated rings. The van der Waals surface area contributed by atoms with Crippen molar-refractivity contribution in [3.05, 3.63) is 11.1 Å². The van der Waals surface area contributed by atoms with Crippen LogP contribution in [-0.4, -0.2) is 34.3 Å². The topological polar surface area (TPSA) is 62.3 Å². The minimum Gasteiger partial charge on any atom is -0.339 e. The first-order valence-electron chi connectivity index (χ1n) is 6.00. The van der Waals surface area contributed by atoms with Crippen molar-refractivity contribution in [2.45, 2.75) is 33.2 Å². The van der Waals surface area contributed by atoms with Crippen molar-refractivity contribution in [1.82, 2.24) is 9.88 Å². The van der Waals surface area contributed by atoms with E-state index in [1.165, 1.54) is 11.3 Å². The summed E-state index contributed by atoms with van der Waals surface area (Å²) in [5.74, 6) is -0.314. The van der Waals surface area contributed by atoms with Gasteiger partial charge < -0.3 is 10.2 Å². The standard InChI is InChI=1S/C12H17N3O2S/c1-7(2)15-6-9(4-10(15)16)11(17)14-12-13-5-8(3)18-12/h5,7,9H,4,6H2,1-3H3,(H,13,14,17)/t9-/m0/s1. The van der Waals surface area contributed by atoms with Crippen LogP contribution in [0.4, 0.5) is 5.13 Å². The number of aromatic nitrogens is 1. The summed E-state index contributed by atoms with van der Waals surface area (Å²) < 4.78 is 0. The van der Waals surface area contributed by atoms with Gasteiger partial charge in [-0.2, -0.15) is 0 Å². The highest BCUT2D eigenvalue weighted by molar-refractivity contribution is 7.15. The predicted molar refractivity (Wildman–Crippen MR) is 70.4 cm³/mol. The van der Waals surface area contributed by atoms with Crippen LogP contribution in [0.5, 0.6) is 0 Å². The van der Waals surface area contributed by atoms with Crippen LogP contribution in [0.1, 0.15) is 25.1 Å². The maximum atomic E-state index is 12.0. The van der Waals surface area contributed by atoms with Crippen molar-refractivity contribution in [3.63, 3.8) is 0 Å². The van der Waals surface area contributed by atoms with Gasteiger partial charge in [0.2, 0.25) is 11.8 Å². The molecular weight excluding hydrogens is 250 g/mol. The molecule has 0 unspecified atom stereocenters. The molecule has 18 heavy (non-hydrogen) atoms. The first kappa shape index (κ1) is 13.0. The zero-order valence-corrected chi connectivity index (χ0v) is 11.6. The largest absolute Gasteiger partial charge is 0.339 e. The van der Waals surface area contributed by atoms with E-state index in [9.17, 15) is 9.59 Å². The molecule has 2 rings (SSSR count). The highest BCUT2D eigenvalue weighted by Gasteiger charge is 2.35. The van der Waals surface area contributed by atoms with E-state index in [-0.39, 0.29) is 23.8 Å². The van der Waals surface area contributed by atoms with Gasteiger partial charge in [0.05, 0.1) is 5.92 Å². The second kappa shape index (κ2) is 5.06. The first-order chi connectivity index (χ1) is 8.47. The smallest absolute Gasteiger partial charge is 0.231 e. The number of hydrogen-bond acceptors (Lipinski definition) is 4. The fraction of sp³-hybridized carbons (Fsp3) is 0.583. The average molecular weight is 267 g/mol. The molecule has 0 spiro atoms. The Kier molecular flexibility index (Phi) is 3.65. The molecule has 0 saturated carbocycles. The molecule has 1 aliphatic rings. The van der Waals surface area contributed by atoms with Gasteiger partial charge in [0.15, 0.2) is 5.13 Å². The minimum atomic E-state index is -0.260. The monoisotopic (exact) mass is 267 g/mol. The number of aryl methyl sites for hydroxylation is 1. The maximum absolute atomic E-state index is 12.0. The molecule has 1 N–H and O–H groups in total. The molecule has 98 valence electrons. The third-order valence-corrected chi connectivity index (χ3v) is 3.83. The highest BCUT2D eigenvalue weighted by atomic mass is 32.1. The van der Waals surface area contributed by atoms with Crippen molar-refractivity contribution >= 4 is 28.3 Å². The van der Waals surface area contributed by atoms with Gasteiger partial charge in [0, 0.05) is 30.1 Å². The van der Waals surface area contributed by atoms with Crippen LogP contribution in [0.15, 0.2) is 6.20 Å². The van der Waals surface area contributed by atoms with Crippen molar-refractivity contribution in [3.8, 4) is 0 Å². The Morgan fingerprint density at radius 3 is 2.83 bits per heavy atom. The molecule has 2 amide bonds. The van der Waals surface area contributed by atoms with E-state index < -0.39 is 0 Å². The summed E-state index contributed by atoms with van der Waals surface area (Å²) in [7, 11) is 0. The lowest BCUT2D eigenvalue weighted by Gasteiger charge is -2.20. The Hall–Kier alpha value is -1.43. The fourth-order valence-corrected chi connectivity index (χ4v) is 2.69. The molecule has 5 nitrogen and oxygen atoms in total. The number of anilines is 1. The summed E-state index contributed by atoms with van der Waals surface area (Å²) in [5.41, 5.74) is 0. The summed E-state index contributed by atoms with van der Waals surface area (Å²) in [6.45, 7) is 6.37. The molecule has 1 atom stereocenters. The summed E-state index contributed by atoms with van der Waals surface area (Å²) in [6.07, 6.45) is 2.02. The first-order valence-corrected chi connectivity index (χ1v) is 6.81. The number of nitrogens with zero attached hydrogens (tertiary/aromatic N) is 2. The van der Waals surface area contributed by atoms with Gasteiger partial charge in [-0.05, 0) is 20.8 Å². The van der Waals surface area contributed by atoms with Crippen LogP contribution in [0, 0.1) is 12.8 Å². The quantitative estimate of drug-likeness (QED) is 0.905. The van der Waals surface area contributed by atoms with Crippen LogP contribution in [0.2, 0.25) is 0 Å². The molecule has 0 radical (unpaired) electrons. The lowest BCUT2D eigenvalue weighted by molar-refractivity contribution is -0.129. The highest BCUT2D eigenvalue weighted by Crippen LogP contribution is 2.23. The van der Waals surface area contributed by atoms with E-state index in [0.29, 0.717) is 18.1 Å². The number of rotatable bonds is 3. The van der Waals surface area contributed by atoms with Gasteiger partial charge in [-0.3, -0.25) is 9.59 Å². The van der Waals surface area contributed by atoms with Crippen LogP contribution >= 0.6 is 11.3 Å². The fourth-order valence-electron chi connectivity index (χ4n) is 2.03. The summed E-state index contributed by atoms with van der Waals surface area (Å²) in [5, 5.41) is 3.38. The van der Waals surface area contributed by atoms with Crippen LogP contribution < -0.4 is 5.32 Å². The number of carbonyl (C=O) groups is 2. The third kappa shape index (κ3) is 2.69. The Morgan fingerprint density at radius 1 is 1.61 bits per heavy atom.